The molecule has 0 atom stereocenters. The van der Waals surface area contributed by atoms with Crippen LogP contribution in [0.25, 0.3) is 92.8 Å². The van der Waals surface area contributed by atoms with E-state index in [0.29, 0.717) is 0 Å². The van der Waals surface area contributed by atoms with Crippen LogP contribution in [0.5, 0.6) is 0 Å². The van der Waals surface area contributed by atoms with Gasteiger partial charge in [0.1, 0.15) is 0 Å². The summed E-state index contributed by atoms with van der Waals surface area (Å²) in [4.78, 5) is 2.37. The number of benzene rings is 11. The highest BCUT2D eigenvalue weighted by Gasteiger charge is 2.18. The summed E-state index contributed by atoms with van der Waals surface area (Å²) in [5, 5.41) is 12.5. The first-order valence-corrected chi connectivity index (χ1v) is 20.7. The van der Waals surface area contributed by atoms with Gasteiger partial charge in [0.15, 0.2) is 0 Å². The molecular formula is C58H38N2. The number of fused-ring (bicyclic) bond motifs is 9. The topological polar surface area (TPSA) is 8.17 Å². The lowest BCUT2D eigenvalue weighted by Crippen LogP contribution is -2.09. The van der Waals surface area contributed by atoms with E-state index in [4.69, 9.17) is 0 Å². The minimum Gasteiger partial charge on any atom is -0.310 e. The van der Waals surface area contributed by atoms with Gasteiger partial charge in [-0.3, -0.25) is 0 Å². The van der Waals surface area contributed by atoms with Gasteiger partial charge in [0.2, 0.25) is 0 Å². The monoisotopic (exact) mass is 762 g/mol. The maximum absolute atomic E-state index is 2.44. The average Bonchev–Trinajstić information content (AvgIpc) is 3.66. The molecule has 0 radical (unpaired) electrons. The van der Waals surface area contributed by atoms with Crippen molar-refractivity contribution in [2.24, 2.45) is 0 Å². The molecule has 0 aliphatic carbocycles. The van der Waals surface area contributed by atoms with Crippen LogP contribution in [0.2, 0.25) is 0 Å². The molecule has 12 rings (SSSR count). The number of para-hydroxylation sites is 1. The lowest BCUT2D eigenvalue weighted by molar-refractivity contribution is 1.19. The van der Waals surface area contributed by atoms with Crippen LogP contribution in [0.3, 0.4) is 0 Å². The van der Waals surface area contributed by atoms with Crippen molar-refractivity contribution in [3.8, 4) is 27.9 Å². The van der Waals surface area contributed by atoms with Crippen LogP contribution in [-0.4, -0.2) is 4.57 Å². The molecule has 0 bridgehead atoms. The minimum atomic E-state index is 1.10. The van der Waals surface area contributed by atoms with Crippen molar-refractivity contribution in [2.75, 3.05) is 4.90 Å². The van der Waals surface area contributed by atoms with Crippen LogP contribution in [-0.2, 0) is 0 Å². The van der Waals surface area contributed by atoms with Crippen LogP contribution < -0.4 is 4.90 Å². The Morgan fingerprint density at radius 1 is 0.267 bits per heavy atom. The Morgan fingerprint density at radius 2 is 0.750 bits per heavy atom. The lowest BCUT2D eigenvalue weighted by atomic mass is 9.97. The van der Waals surface area contributed by atoms with Gasteiger partial charge in [-0.15, -0.1) is 0 Å². The molecule has 2 heteroatoms. The van der Waals surface area contributed by atoms with Crippen molar-refractivity contribution >= 4 is 82.0 Å². The molecule has 0 aliphatic heterocycles. The fraction of sp³-hybridized carbons (Fsp3) is 0. The van der Waals surface area contributed by atoms with Crippen LogP contribution in [0.15, 0.2) is 231 Å². The molecular weight excluding hydrogens is 725 g/mol. The number of hydrogen-bond acceptors (Lipinski definition) is 1. The molecule has 0 fully saturated rings. The Bertz CT molecular complexity index is 3580. The van der Waals surface area contributed by atoms with Gasteiger partial charge in [0.05, 0.1) is 11.0 Å². The zero-order chi connectivity index (χ0) is 39.6. The van der Waals surface area contributed by atoms with Crippen molar-refractivity contribution in [2.45, 2.75) is 0 Å². The highest BCUT2D eigenvalue weighted by atomic mass is 15.1. The highest BCUT2D eigenvalue weighted by Crippen LogP contribution is 2.41. The molecule has 1 heterocycles. The first-order chi connectivity index (χ1) is 29.7. The fourth-order valence-electron chi connectivity index (χ4n) is 9.35. The second-order valence-corrected chi connectivity index (χ2v) is 15.8. The fourth-order valence-corrected chi connectivity index (χ4v) is 9.35. The molecule has 0 saturated heterocycles. The van der Waals surface area contributed by atoms with Gasteiger partial charge in [-0.1, -0.05) is 170 Å². The third-order valence-corrected chi connectivity index (χ3v) is 12.3. The van der Waals surface area contributed by atoms with Crippen LogP contribution in [0, 0.1) is 0 Å². The predicted octanol–water partition coefficient (Wildman–Crippen LogP) is 16.2. The SMILES string of the molecule is c1ccc(-n2c3cc(-c4ccc(N(c5ccc(-c6ccc7ccc8ccccc8c7c6)cc5)c5ccc6ccccc6c5)cc4)ccc3c3ccc4ccccc4c32)cc1. The van der Waals surface area contributed by atoms with Crippen molar-refractivity contribution in [3.63, 3.8) is 0 Å². The van der Waals surface area contributed by atoms with Gasteiger partial charge in [-0.25, -0.2) is 0 Å². The summed E-state index contributed by atoms with van der Waals surface area (Å²) in [5.41, 5.74) is 11.7. The molecule has 0 saturated carbocycles. The molecule has 0 N–H and O–H groups in total. The Labute approximate surface area is 348 Å². The molecule has 11 aromatic carbocycles. The summed E-state index contributed by atoms with van der Waals surface area (Å²) in [6, 6.07) is 84.3. The summed E-state index contributed by atoms with van der Waals surface area (Å²) in [6.45, 7) is 0. The van der Waals surface area contributed by atoms with Gasteiger partial charge in [-0.2, -0.15) is 0 Å². The molecule has 0 amide bonds. The third kappa shape index (κ3) is 5.65. The van der Waals surface area contributed by atoms with Crippen molar-refractivity contribution in [1.29, 1.82) is 0 Å². The number of hydrogen-bond donors (Lipinski definition) is 0. The zero-order valence-electron chi connectivity index (χ0n) is 32.8. The van der Waals surface area contributed by atoms with E-state index in [9.17, 15) is 0 Å². The van der Waals surface area contributed by atoms with E-state index in [1.165, 1.54) is 87.1 Å². The minimum absolute atomic E-state index is 1.10. The Hall–Kier alpha value is -7.94. The largest absolute Gasteiger partial charge is 0.310 e. The van der Waals surface area contributed by atoms with E-state index < -0.39 is 0 Å². The van der Waals surface area contributed by atoms with Crippen molar-refractivity contribution in [3.05, 3.63) is 231 Å². The van der Waals surface area contributed by atoms with Crippen molar-refractivity contribution in [1.82, 2.24) is 4.57 Å². The quantitative estimate of drug-likeness (QED) is 0.153. The summed E-state index contributed by atoms with van der Waals surface area (Å²) in [7, 11) is 0. The van der Waals surface area contributed by atoms with E-state index in [-0.39, 0.29) is 0 Å². The smallest absolute Gasteiger partial charge is 0.0619 e. The van der Waals surface area contributed by atoms with E-state index in [1.54, 1.807) is 0 Å². The van der Waals surface area contributed by atoms with Gasteiger partial charge < -0.3 is 9.47 Å². The maximum Gasteiger partial charge on any atom is 0.0619 e. The highest BCUT2D eigenvalue weighted by molar-refractivity contribution is 6.19. The number of rotatable bonds is 6. The van der Waals surface area contributed by atoms with Crippen LogP contribution in [0.4, 0.5) is 17.1 Å². The maximum atomic E-state index is 2.44. The van der Waals surface area contributed by atoms with Crippen LogP contribution >= 0.6 is 0 Å². The van der Waals surface area contributed by atoms with Gasteiger partial charge in [0, 0.05) is 38.9 Å². The first-order valence-electron chi connectivity index (χ1n) is 20.7. The number of aromatic nitrogens is 1. The second-order valence-electron chi connectivity index (χ2n) is 15.8. The number of nitrogens with zero attached hydrogens (tertiary/aromatic N) is 2. The summed E-state index contributed by atoms with van der Waals surface area (Å²) in [5.74, 6) is 0. The van der Waals surface area contributed by atoms with E-state index in [2.05, 4.69) is 240 Å². The average molecular weight is 763 g/mol. The summed E-state index contributed by atoms with van der Waals surface area (Å²) in [6.07, 6.45) is 0. The summed E-state index contributed by atoms with van der Waals surface area (Å²) >= 11 is 0. The third-order valence-electron chi connectivity index (χ3n) is 12.3. The summed E-state index contributed by atoms with van der Waals surface area (Å²) < 4.78 is 2.44. The van der Waals surface area contributed by atoms with Gasteiger partial charge >= 0.3 is 0 Å². The molecule has 0 spiro atoms. The molecule has 0 aliphatic rings. The first kappa shape index (κ1) is 34.1. The molecule has 60 heavy (non-hydrogen) atoms. The zero-order valence-corrected chi connectivity index (χ0v) is 32.8. The van der Waals surface area contributed by atoms with Crippen LogP contribution in [0.1, 0.15) is 0 Å². The molecule has 12 aromatic rings. The van der Waals surface area contributed by atoms with Crippen molar-refractivity contribution < 1.29 is 0 Å². The standard InChI is InChI=1S/C58H38N2/c1-2-14-48(15-3-1)60-57-38-47(28-34-54(57)55-35-27-43-12-7-9-17-53(43)58(55)60)41-24-31-50(32-25-41)59(51-33-26-39-10-4-5-13-45(39)36-51)49-29-22-40(23-30-49)46-21-20-44-19-18-42-11-6-8-16-52(42)56(44)37-46/h1-38H. The Kier molecular flexibility index (Phi) is 7.89. The van der Waals surface area contributed by atoms with Gasteiger partial charge in [-0.05, 0) is 121 Å². The lowest BCUT2D eigenvalue weighted by Gasteiger charge is -2.26. The van der Waals surface area contributed by atoms with Gasteiger partial charge in [0.25, 0.3) is 0 Å². The van der Waals surface area contributed by atoms with E-state index in [0.717, 1.165) is 22.7 Å². The second kappa shape index (κ2) is 13.9. The Balaban J connectivity index is 0.955. The van der Waals surface area contributed by atoms with E-state index >= 15 is 0 Å². The normalized spacial score (nSPS) is 11.7. The molecule has 0 unspecified atom stereocenters. The molecule has 280 valence electrons. The Morgan fingerprint density at radius 3 is 1.48 bits per heavy atom. The van der Waals surface area contributed by atoms with E-state index in [1.807, 2.05) is 0 Å². The molecule has 1 aromatic heterocycles. The number of anilines is 3. The predicted molar refractivity (Wildman–Crippen MR) is 256 cm³/mol. The molecule has 2 nitrogen and oxygen atoms in total.